The molecule has 6 nitrogen and oxygen atoms in total. The quantitative estimate of drug-likeness (QED) is 0.684. The highest BCUT2D eigenvalue weighted by molar-refractivity contribution is 9.10. The number of rotatable bonds is 7. The molecule has 2 amide bonds. The summed E-state index contributed by atoms with van der Waals surface area (Å²) >= 11 is 3.43. The summed E-state index contributed by atoms with van der Waals surface area (Å²) in [5.41, 5.74) is 1.09. The molecule has 0 radical (unpaired) electrons. The lowest BCUT2D eigenvalue weighted by molar-refractivity contribution is -0.128. The normalized spacial score (nSPS) is 20.7. The molecule has 2 fully saturated rings. The minimum Gasteiger partial charge on any atom is -0.352 e. The van der Waals surface area contributed by atoms with E-state index in [9.17, 15) is 9.59 Å². The van der Waals surface area contributed by atoms with E-state index in [1.54, 1.807) is 0 Å². The van der Waals surface area contributed by atoms with E-state index in [0.29, 0.717) is 12.6 Å². The Kier molecular flexibility index (Phi) is 6.89. The lowest BCUT2D eigenvalue weighted by Crippen LogP contribution is -2.55. The van der Waals surface area contributed by atoms with Crippen LogP contribution in [0.4, 0.5) is 0 Å². The van der Waals surface area contributed by atoms with Gasteiger partial charge in [0.2, 0.25) is 11.8 Å². The summed E-state index contributed by atoms with van der Waals surface area (Å²) in [7, 11) is 0. The maximum absolute atomic E-state index is 12.4. The van der Waals surface area contributed by atoms with Crippen molar-refractivity contribution in [3.05, 3.63) is 34.3 Å². The topological polar surface area (TPSA) is 64.7 Å². The van der Waals surface area contributed by atoms with Gasteiger partial charge in [-0.1, -0.05) is 28.1 Å². The zero-order chi connectivity index (χ0) is 19.4. The number of nitrogens with zero attached hydrogens (tertiary/aromatic N) is 2. The third kappa shape index (κ3) is 6.02. The Morgan fingerprint density at radius 3 is 2.33 bits per heavy atom. The van der Waals surface area contributed by atoms with Gasteiger partial charge in [-0.3, -0.25) is 19.4 Å². The molecule has 1 heterocycles. The number of carbonyl (C=O) groups excluding carboxylic acids is 2. The highest BCUT2D eigenvalue weighted by Crippen LogP contribution is 2.19. The number of hydrogen-bond donors (Lipinski definition) is 2. The summed E-state index contributed by atoms with van der Waals surface area (Å²) in [4.78, 5) is 28.9. The molecule has 1 saturated heterocycles. The largest absolute Gasteiger partial charge is 0.352 e. The minimum atomic E-state index is -0.0981. The van der Waals surface area contributed by atoms with Gasteiger partial charge in [0.15, 0.2) is 0 Å². The van der Waals surface area contributed by atoms with E-state index in [1.165, 1.54) is 0 Å². The van der Waals surface area contributed by atoms with Gasteiger partial charge in [0.05, 0.1) is 18.6 Å². The molecule has 2 atom stereocenters. The van der Waals surface area contributed by atoms with E-state index >= 15 is 0 Å². The van der Waals surface area contributed by atoms with E-state index in [1.807, 2.05) is 38.1 Å². The van der Waals surface area contributed by atoms with Crippen molar-refractivity contribution in [3.8, 4) is 0 Å². The van der Waals surface area contributed by atoms with Crippen LogP contribution in [0, 0.1) is 0 Å². The summed E-state index contributed by atoms with van der Waals surface area (Å²) in [5.74, 6) is 0.172. The lowest BCUT2D eigenvalue weighted by atomic mass is 10.1. The van der Waals surface area contributed by atoms with Crippen LogP contribution in [0.15, 0.2) is 28.7 Å². The molecule has 1 aromatic rings. The third-order valence-electron chi connectivity index (χ3n) is 5.37. The predicted molar refractivity (Wildman–Crippen MR) is 109 cm³/mol. The van der Waals surface area contributed by atoms with E-state index in [2.05, 4.69) is 36.4 Å². The molecular weight excluding hydrogens is 408 g/mol. The molecule has 1 aromatic carbocycles. The van der Waals surface area contributed by atoms with Crippen molar-refractivity contribution >= 4 is 27.7 Å². The van der Waals surface area contributed by atoms with E-state index in [-0.39, 0.29) is 23.9 Å². The average Bonchev–Trinajstić information content (AvgIpc) is 3.46. The molecular formula is C20H29BrN4O2. The summed E-state index contributed by atoms with van der Waals surface area (Å²) in [6.45, 7) is 7.61. The van der Waals surface area contributed by atoms with Crippen LogP contribution >= 0.6 is 15.9 Å². The van der Waals surface area contributed by atoms with Crippen molar-refractivity contribution in [3.63, 3.8) is 0 Å². The van der Waals surface area contributed by atoms with Crippen LogP contribution in [0.1, 0.15) is 38.3 Å². The highest BCUT2D eigenvalue weighted by atomic mass is 79.9. The molecule has 7 heteroatoms. The molecule has 27 heavy (non-hydrogen) atoms. The fraction of sp³-hybridized carbons (Fsp3) is 0.600. The van der Waals surface area contributed by atoms with Crippen molar-refractivity contribution in [2.24, 2.45) is 0 Å². The Bertz CT molecular complexity index is 654. The van der Waals surface area contributed by atoms with Gasteiger partial charge in [0.25, 0.3) is 0 Å². The second kappa shape index (κ2) is 9.17. The summed E-state index contributed by atoms with van der Waals surface area (Å²) in [6, 6.07) is 8.29. The van der Waals surface area contributed by atoms with Crippen molar-refractivity contribution in [2.45, 2.75) is 44.8 Å². The molecule has 2 unspecified atom stereocenters. The maximum atomic E-state index is 12.4. The van der Waals surface area contributed by atoms with Crippen LogP contribution in [0.3, 0.4) is 0 Å². The summed E-state index contributed by atoms with van der Waals surface area (Å²) < 4.78 is 1.03. The third-order valence-corrected chi connectivity index (χ3v) is 5.90. The zero-order valence-electron chi connectivity index (χ0n) is 16.1. The molecule has 0 bridgehead atoms. The molecule has 2 N–H and O–H groups in total. The number of piperazine rings is 1. The van der Waals surface area contributed by atoms with Crippen molar-refractivity contribution in [1.82, 2.24) is 20.4 Å². The molecule has 1 saturated carbocycles. The summed E-state index contributed by atoms with van der Waals surface area (Å²) in [6.07, 6.45) is 2.22. The Morgan fingerprint density at radius 2 is 1.74 bits per heavy atom. The molecule has 1 aliphatic heterocycles. The van der Waals surface area contributed by atoms with Gasteiger partial charge < -0.3 is 10.6 Å². The number of hydrogen-bond acceptors (Lipinski definition) is 4. The number of halogens is 1. The average molecular weight is 437 g/mol. The van der Waals surface area contributed by atoms with Crippen LogP contribution < -0.4 is 10.6 Å². The first kappa shape index (κ1) is 20.3. The Morgan fingerprint density at radius 1 is 1.11 bits per heavy atom. The fourth-order valence-electron chi connectivity index (χ4n) is 3.35. The van der Waals surface area contributed by atoms with Crippen LogP contribution in [0.2, 0.25) is 0 Å². The monoisotopic (exact) mass is 436 g/mol. The smallest absolute Gasteiger partial charge is 0.237 e. The number of amides is 2. The van der Waals surface area contributed by atoms with Crippen molar-refractivity contribution < 1.29 is 9.59 Å². The Hall–Kier alpha value is -1.44. The molecule has 1 aliphatic carbocycles. The SMILES string of the molecule is CC(NC(=O)CN1CCN(C(C)C(=O)NC2CC2)CC1)c1ccc(Br)cc1. The van der Waals surface area contributed by atoms with Crippen LogP contribution in [-0.2, 0) is 9.59 Å². The molecule has 2 aliphatic rings. The predicted octanol–water partition coefficient (Wildman–Crippen LogP) is 1.91. The van der Waals surface area contributed by atoms with Gasteiger partial charge in [0.1, 0.15) is 0 Å². The molecule has 3 rings (SSSR count). The van der Waals surface area contributed by atoms with Gasteiger partial charge in [-0.05, 0) is 44.4 Å². The van der Waals surface area contributed by atoms with Crippen LogP contribution in [0.25, 0.3) is 0 Å². The van der Waals surface area contributed by atoms with Crippen LogP contribution in [-0.4, -0.2) is 66.4 Å². The first-order chi connectivity index (χ1) is 12.9. The number of nitrogens with one attached hydrogen (secondary N) is 2. The first-order valence-corrected chi connectivity index (χ1v) is 10.5. The van der Waals surface area contributed by atoms with E-state index < -0.39 is 0 Å². The van der Waals surface area contributed by atoms with Gasteiger partial charge >= 0.3 is 0 Å². The zero-order valence-corrected chi connectivity index (χ0v) is 17.7. The highest BCUT2D eigenvalue weighted by Gasteiger charge is 2.30. The van der Waals surface area contributed by atoms with Gasteiger partial charge in [0, 0.05) is 36.7 Å². The van der Waals surface area contributed by atoms with Crippen molar-refractivity contribution in [2.75, 3.05) is 32.7 Å². The van der Waals surface area contributed by atoms with Gasteiger partial charge in [-0.15, -0.1) is 0 Å². The first-order valence-electron chi connectivity index (χ1n) is 9.74. The fourth-order valence-corrected chi connectivity index (χ4v) is 3.61. The molecule has 148 valence electrons. The molecule has 0 spiro atoms. The summed E-state index contributed by atoms with van der Waals surface area (Å²) in [5, 5.41) is 6.14. The Labute approximate surface area is 169 Å². The van der Waals surface area contributed by atoms with Crippen molar-refractivity contribution in [1.29, 1.82) is 0 Å². The number of carbonyl (C=O) groups is 2. The second-order valence-electron chi connectivity index (χ2n) is 7.61. The van der Waals surface area contributed by atoms with Gasteiger partial charge in [-0.2, -0.15) is 0 Å². The van der Waals surface area contributed by atoms with E-state index in [0.717, 1.165) is 49.1 Å². The standard InChI is InChI=1S/C20H29BrN4O2/c1-14(16-3-5-17(21)6-4-16)22-19(26)13-24-9-11-25(12-10-24)15(2)20(27)23-18-7-8-18/h3-6,14-15,18H,7-13H2,1-2H3,(H,22,26)(H,23,27). The maximum Gasteiger partial charge on any atom is 0.237 e. The molecule has 0 aromatic heterocycles. The Balaban J connectivity index is 1.39. The second-order valence-corrected chi connectivity index (χ2v) is 8.53. The van der Waals surface area contributed by atoms with Gasteiger partial charge in [-0.25, -0.2) is 0 Å². The van der Waals surface area contributed by atoms with E-state index in [4.69, 9.17) is 0 Å². The number of benzene rings is 1. The lowest BCUT2D eigenvalue weighted by Gasteiger charge is -2.37. The minimum absolute atomic E-state index is 0.0157. The van der Waals surface area contributed by atoms with Crippen LogP contribution in [0.5, 0.6) is 0 Å².